The highest BCUT2D eigenvalue weighted by Gasteiger charge is 2.18. The second kappa shape index (κ2) is 9.58. The van der Waals surface area contributed by atoms with Crippen LogP contribution in [0.3, 0.4) is 0 Å². The standard InChI is InChI=1S/C14H30N4O2/c1-7-15-13(16-10-12(19)18(4)5)17-11-14(2,3)8-9-20-6/h7-11H2,1-6H3,(H2,15,16,17). The molecule has 0 rings (SSSR count). The number of guanidine groups is 1. The third kappa shape index (κ3) is 8.74. The van der Waals surface area contributed by atoms with Crippen LogP contribution in [0.1, 0.15) is 27.2 Å². The van der Waals surface area contributed by atoms with Crippen LogP contribution in [0.15, 0.2) is 4.99 Å². The van der Waals surface area contributed by atoms with Crippen LogP contribution in [0.25, 0.3) is 0 Å². The predicted molar refractivity (Wildman–Crippen MR) is 82.9 cm³/mol. The Bertz CT molecular complexity index is 314. The van der Waals surface area contributed by atoms with Crippen LogP contribution in [0.5, 0.6) is 0 Å². The smallest absolute Gasteiger partial charge is 0.243 e. The molecule has 0 aromatic carbocycles. The van der Waals surface area contributed by atoms with E-state index in [2.05, 4.69) is 29.5 Å². The molecule has 118 valence electrons. The van der Waals surface area contributed by atoms with E-state index in [1.54, 1.807) is 21.2 Å². The number of rotatable bonds is 8. The van der Waals surface area contributed by atoms with Gasteiger partial charge in [-0.3, -0.25) is 4.79 Å². The van der Waals surface area contributed by atoms with Gasteiger partial charge in [-0.1, -0.05) is 13.8 Å². The first-order valence-electron chi connectivity index (χ1n) is 7.03. The van der Waals surface area contributed by atoms with Crippen LogP contribution in [-0.2, 0) is 9.53 Å². The van der Waals surface area contributed by atoms with Gasteiger partial charge in [-0.2, -0.15) is 0 Å². The fourth-order valence-electron chi connectivity index (χ4n) is 1.42. The molecule has 0 unspecified atom stereocenters. The molecule has 1 amide bonds. The summed E-state index contributed by atoms with van der Waals surface area (Å²) in [5.74, 6) is 0.661. The van der Waals surface area contributed by atoms with Gasteiger partial charge in [0.1, 0.15) is 6.54 Å². The van der Waals surface area contributed by atoms with Crippen molar-refractivity contribution in [3.63, 3.8) is 0 Å². The van der Waals surface area contributed by atoms with E-state index in [-0.39, 0.29) is 17.9 Å². The van der Waals surface area contributed by atoms with Crippen molar-refractivity contribution in [3.8, 4) is 0 Å². The lowest BCUT2D eigenvalue weighted by molar-refractivity contribution is -0.127. The fourth-order valence-corrected chi connectivity index (χ4v) is 1.42. The third-order valence-corrected chi connectivity index (χ3v) is 2.93. The molecule has 0 heterocycles. The van der Waals surface area contributed by atoms with Gasteiger partial charge in [0.05, 0.1) is 0 Å². The molecule has 0 spiro atoms. The summed E-state index contributed by atoms with van der Waals surface area (Å²) in [5.41, 5.74) is 0.109. The Morgan fingerprint density at radius 1 is 1.30 bits per heavy atom. The van der Waals surface area contributed by atoms with Crippen LogP contribution in [0, 0.1) is 5.41 Å². The lowest BCUT2D eigenvalue weighted by atomic mass is 9.90. The van der Waals surface area contributed by atoms with Crippen molar-refractivity contribution >= 4 is 11.9 Å². The van der Waals surface area contributed by atoms with E-state index in [1.807, 2.05) is 6.92 Å². The summed E-state index contributed by atoms with van der Waals surface area (Å²) in [6.45, 7) is 8.78. The molecule has 6 heteroatoms. The highest BCUT2D eigenvalue weighted by atomic mass is 16.5. The van der Waals surface area contributed by atoms with Gasteiger partial charge in [0, 0.05) is 40.9 Å². The van der Waals surface area contributed by atoms with Crippen molar-refractivity contribution in [3.05, 3.63) is 0 Å². The zero-order valence-corrected chi connectivity index (χ0v) is 13.7. The minimum Gasteiger partial charge on any atom is -0.385 e. The molecule has 20 heavy (non-hydrogen) atoms. The number of carbonyl (C=O) groups excluding carboxylic acids is 1. The average Bonchev–Trinajstić information content (AvgIpc) is 2.39. The van der Waals surface area contributed by atoms with E-state index in [0.29, 0.717) is 5.96 Å². The maximum atomic E-state index is 11.5. The Balaban J connectivity index is 4.39. The highest BCUT2D eigenvalue weighted by Crippen LogP contribution is 2.18. The van der Waals surface area contributed by atoms with Crippen molar-refractivity contribution in [2.75, 3.05) is 47.4 Å². The molecule has 0 atom stereocenters. The van der Waals surface area contributed by atoms with Gasteiger partial charge in [-0.15, -0.1) is 0 Å². The lowest BCUT2D eigenvalue weighted by Gasteiger charge is -2.25. The first kappa shape index (κ1) is 18.7. The van der Waals surface area contributed by atoms with Gasteiger partial charge in [0.15, 0.2) is 5.96 Å². The number of nitrogens with zero attached hydrogens (tertiary/aromatic N) is 2. The van der Waals surface area contributed by atoms with E-state index in [9.17, 15) is 4.79 Å². The molecule has 0 radical (unpaired) electrons. The zero-order valence-electron chi connectivity index (χ0n) is 13.7. The van der Waals surface area contributed by atoms with Crippen LogP contribution in [-0.4, -0.2) is 64.2 Å². The van der Waals surface area contributed by atoms with Crippen LogP contribution < -0.4 is 10.6 Å². The topological polar surface area (TPSA) is 66.0 Å². The summed E-state index contributed by atoms with van der Waals surface area (Å²) < 4.78 is 5.11. The fraction of sp³-hybridized carbons (Fsp3) is 0.857. The Morgan fingerprint density at radius 2 is 1.95 bits per heavy atom. The van der Waals surface area contributed by atoms with E-state index in [0.717, 1.165) is 26.1 Å². The number of ether oxygens (including phenoxy) is 1. The highest BCUT2D eigenvalue weighted by molar-refractivity contribution is 5.84. The molecule has 0 aliphatic carbocycles. The first-order valence-corrected chi connectivity index (χ1v) is 7.03. The molecule has 2 N–H and O–H groups in total. The first-order chi connectivity index (χ1) is 9.32. The van der Waals surface area contributed by atoms with Gasteiger partial charge in [-0.05, 0) is 18.8 Å². The number of likely N-dealkylation sites (N-methyl/N-ethyl adjacent to an activating group) is 1. The summed E-state index contributed by atoms with van der Waals surface area (Å²) in [6, 6.07) is 0. The largest absolute Gasteiger partial charge is 0.385 e. The third-order valence-electron chi connectivity index (χ3n) is 2.93. The second-order valence-corrected chi connectivity index (χ2v) is 5.74. The number of hydrogen-bond donors (Lipinski definition) is 2. The van der Waals surface area contributed by atoms with Crippen molar-refractivity contribution in [1.82, 2.24) is 15.5 Å². The van der Waals surface area contributed by atoms with E-state index < -0.39 is 0 Å². The number of nitrogens with one attached hydrogen (secondary N) is 2. The molecule has 0 fully saturated rings. The van der Waals surface area contributed by atoms with Crippen molar-refractivity contribution in [2.24, 2.45) is 10.4 Å². The second-order valence-electron chi connectivity index (χ2n) is 5.74. The Hall–Kier alpha value is -1.30. The molecule has 0 aliphatic heterocycles. The minimum absolute atomic E-state index is 0.0131. The van der Waals surface area contributed by atoms with Gasteiger partial charge in [0.25, 0.3) is 0 Å². The molecule has 0 saturated heterocycles. The average molecular weight is 286 g/mol. The summed E-state index contributed by atoms with van der Waals surface area (Å²) in [4.78, 5) is 17.4. The molecule has 0 aromatic heterocycles. The summed E-state index contributed by atoms with van der Waals surface area (Å²) in [6.07, 6.45) is 0.965. The predicted octanol–water partition coefficient (Wildman–Crippen LogP) is 0.692. The van der Waals surface area contributed by atoms with Crippen molar-refractivity contribution < 1.29 is 9.53 Å². The number of hydrogen-bond acceptors (Lipinski definition) is 3. The molecule has 0 aliphatic rings. The van der Waals surface area contributed by atoms with Crippen LogP contribution in [0.2, 0.25) is 0 Å². The quantitative estimate of drug-likeness (QED) is 0.509. The van der Waals surface area contributed by atoms with Crippen LogP contribution >= 0.6 is 0 Å². The molecule has 6 nitrogen and oxygen atoms in total. The number of amides is 1. The molecule has 0 bridgehead atoms. The van der Waals surface area contributed by atoms with E-state index >= 15 is 0 Å². The Labute approximate surface area is 123 Å². The number of carbonyl (C=O) groups is 1. The summed E-state index contributed by atoms with van der Waals surface area (Å²) in [5, 5.41) is 6.42. The summed E-state index contributed by atoms with van der Waals surface area (Å²) in [7, 11) is 5.17. The Morgan fingerprint density at radius 3 is 2.45 bits per heavy atom. The van der Waals surface area contributed by atoms with Gasteiger partial charge in [0.2, 0.25) is 5.91 Å². The maximum absolute atomic E-state index is 11.5. The summed E-state index contributed by atoms with van der Waals surface area (Å²) >= 11 is 0. The van der Waals surface area contributed by atoms with Crippen molar-refractivity contribution in [1.29, 1.82) is 0 Å². The maximum Gasteiger partial charge on any atom is 0.243 e. The number of methoxy groups -OCH3 is 1. The minimum atomic E-state index is -0.0131. The Kier molecular flexibility index (Phi) is 8.96. The zero-order chi connectivity index (χ0) is 15.6. The SMILES string of the molecule is CCNC(=NCC(=O)N(C)C)NCC(C)(C)CCOC. The number of aliphatic imine (C=N–C) groups is 1. The van der Waals surface area contributed by atoms with Crippen molar-refractivity contribution in [2.45, 2.75) is 27.2 Å². The van der Waals surface area contributed by atoms with Gasteiger partial charge in [-0.25, -0.2) is 4.99 Å². The van der Waals surface area contributed by atoms with Gasteiger partial charge < -0.3 is 20.3 Å². The molecular formula is C14H30N4O2. The normalized spacial score (nSPS) is 12.2. The molecule has 0 aromatic rings. The molecular weight excluding hydrogens is 256 g/mol. The van der Waals surface area contributed by atoms with Crippen LogP contribution in [0.4, 0.5) is 0 Å². The van der Waals surface area contributed by atoms with Gasteiger partial charge >= 0.3 is 0 Å². The monoisotopic (exact) mass is 286 g/mol. The molecule has 0 saturated carbocycles. The lowest BCUT2D eigenvalue weighted by Crippen LogP contribution is -2.43. The van der Waals surface area contributed by atoms with E-state index in [4.69, 9.17) is 4.74 Å². The van der Waals surface area contributed by atoms with E-state index in [1.165, 1.54) is 4.90 Å².